The summed E-state index contributed by atoms with van der Waals surface area (Å²) in [6.07, 6.45) is 5.29. The molecule has 1 N–H and O–H groups in total. The first-order chi connectivity index (χ1) is 7.88. The molecule has 0 bridgehead atoms. The van der Waals surface area contributed by atoms with Crippen LogP contribution in [0.15, 0.2) is 30.3 Å². The highest BCUT2D eigenvalue weighted by Crippen LogP contribution is 2.23. The summed E-state index contributed by atoms with van der Waals surface area (Å²) in [5.41, 5.74) is 0. The van der Waals surface area contributed by atoms with Crippen molar-refractivity contribution in [2.24, 2.45) is 0 Å². The molecule has 2 nitrogen and oxygen atoms in total. The topological polar surface area (TPSA) is 21.3 Å². The largest absolute Gasteiger partial charge is 0.490 e. The molecule has 1 fully saturated rings. The summed E-state index contributed by atoms with van der Waals surface area (Å²) in [5.74, 6) is 1.00. The van der Waals surface area contributed by atoms with Gasteiger partial charge in [0.1, 0.15) is 11.9 Å². The molecule has 1 aliphatic rings. The standard InChI is InChI=1S/C14H21NO/c1-2-15-12-7-6-10-14(11-12)16-13-8-4-3-5-9-13/h3-5,8-9,12,14-15H,2,6-7,10-11H2,1H3. The predicted molar refractivity (Wildman–Crippen MR) is 66.8 cm³/mol. The van der Waals surface area contributed by atoms with E-state index in [-0.39, 0.29) is 0 Å². The summed E-state index contributed by atoms with van der Waals surface area (Å²) in [5, 5.41) is 3.52. The maximum absolute atomic E-state index is 5.99. The first-order valence-corrected chi connectivity index (χ1v) is 6.33. The number of rotatable bonds is 4. The Kier molecular flexibility index (Phi) is 4.23. The third-order valence-corrected chi connectivity index (χ3v) is 3.16. The average Bonchev–Trinajstić information content (AvgIpc) is 2.31. The molecule has 0 amide bonds. The molecule has 0 aromatic heterocycles. The molecule has 1 saturated carbocycles. The number of ether oxygens (including phenoxy) is 1. The van der Waals surface area contributed by atoms with Crippen LogP contribution in [-0.2, 0) is 0 Å². The lowest BCUT2D eigenvalue weighted by Crippen LogP contribution is -2.37. The van der Waals surface area contributed by atoms with Gasteiger partial charge < -0.3 is 10.1 Å². The summed E-state index contributed by atoms with van der Waals surface area (Å²) in [7, 11) is 0. The molecule has 1 aromatic carbocycles. The minimum Gasteiger partial charge on any atom is -0.490 e. The van der Waals surface area contributed by atoms with Crippen LogP contribution in [0, 0.1) is 0 Å². The van der Waals surface area contributed by atoms with Gasteiger partial charge >= 0.3 is 0 Å². The number of benzene rings is 1. The smallest absolute Gasteiger partial charge is 0.119 e. The molecule has 0 radical (unpaired) electrons. The highest BCUT2D eigenvalue weighted by atomic mass is 16.5. The fourth-order valence-electron chi connectivity index (χ4n) is 2.42. The Morgan fingerprint density at radius 3 is 2.81 bits per heavy atom. The van der Waals surface area contributed by atoms with Gasteiger partial charge in [-0.3, -0.25) is 0 Å². The van der Waals surface area contributed by atoms with Gasteiger partial charge in [0.25, 0.3) is 0 Å². The Morgan fingerprint density at radius 2 is 2.06 bits per heavy atom. The molecule has 0 aliphatic heterocycles. The van der Waals surface area contributed by atoms with Crippen molar-refractivity contribution in [3.63, 3.8) is 0 Å². The third-order valence-electron chi connectivity index (χ3n) is 3.16. The number of nitrogens with one attached hydrogen (secondary N) is 1. The molecular weight excluding hydrogens is 198 g/mol. The van der Waals surface area contributed by atoms with Crippen LogP contribution in [0.25, 0.3) is 0 Å². The number of hydrogen-bond donors (Lipinski definition) is 1. The van der Waals surface area contributed by atoms with Gasteiger partial charge in [0.2, 0.25) is 0 Å². The van der Waals surface area contributed by atoms with Crippen LogP contribution >= 0.6 is 0 Å². The third kappa shape index (κ3) is 3.24. The molecular formula is C14H21NO. The van der Waals surface area contributed by atoms with Crippen molar-refractivity contribution < 1.29 is 4.74 Å². The van der Waals surface area contributed by atoms with Crippen LogP contribution in [0.4, 0.5) is 0 Å². The summed E-state index contributed by atoms with van der Waals surface area (Å²) in [6.45, 7) is 3.23. The molecule has 2 unspecified atom stereocenters. The van der Waals surface area contributed by atoms with Crippen molar-refractivity contribution in [2.75, 3.05) is 6.54 Å². The minimum absolute atomic E-state index is 0.389. The molecule has 0 saturated heterocycles. The molecule has 88 valence electrons. The van der Waals surface area contributed by atoms with Crippen molar-refractivity contribution in [1.82, 2.24) is 5.32 Å². The zero-order valence-corrected chi connectivity index (χ0v) is 9.99. The zero-order chi connectivity index (χ0) is 11.2. The van der Waals surface area contributed by atoms with Gasteiger partial charge in [-0.1, -0.05) is 25.1 Å². The van der Waals surface area contributed by atoms with Crippen LogP contribution < -0.4 is 10.1 Å². The van der Waals surface area contributed by atoms with Gasteiger partial charge in [-0.15, -0.1) is 0 Å². The first-order valence-electron chi connectivity index (χ1n) is 6.33. The van der Waals surface area contributed by atoms with Crippen molar-refractivity contribution in [3.05, 3.63) is 30.3 Å². The molecule has 16 heavy (non-hydrogen) atoms. The fourth-order valence-corrected chi connectivity index (χ4v) is 2.42. The molecule has 1 aliphatic carbocycles. The van der Waals surface area contributed by atoms with E-state index < -0.39 is 0 Å². The minimum atomic E-state index is 0.389. The average molecular weight is 219 g/mol. The molecule has 0 heterocycles. The summed E-state index contributed by atoms with van der Waals surface area (Å²) in [6, 6.07) is 10.8. The summed E-state index contributed by atoms with van der Waals surface area (Å²) in [4.78, 5) is 0. The molecule has 1 aromatic rings. The van der Waals surface area contributed by atoms with Crippen molar-refractivity contribution in [3.8, 4) is 5.75 Å². The van der Waals surface area contributed by atoms with Crippen LogP contribution in [0.1, 0.15) is 32.6 Å². The maximum atomic E-state index is 5.99. The Balaban J connectivity index is 1.85. The van der Waals surface area contributed by atoms with Gasteiger partial charge in [0.05, 0.1) is 0 Å². The SMILES string of the molecule is CCNC1CCCC(Oc2ccccc2)C1. The zero-order valence-electron chi connectivity index (χ0n) is 9.99. The lowest BCUT2D eigenvalue weighted by molar-refractivity contribution is 0.135. The summed E-state index contributed by atoms with van der Waals surface area (Å²) < 4.78 is 5.99. The van der Waals surface area contributed by atoms with E-state index in [9.17, 15) is 0 Å². The molecule has 0 spiro atoms. The predicted octanol–water partition coefficient (Wildman–Crippen LogP) is 2.99. The summed E-state index contributed by atoms with van der Waals surface area (Å²) >= 11 is 0. The second-order valence-electron chi connectivity index (χ2n) is 4.47. The quantitative estimate of drug-likeness (QED) is 0.840. The van der Waals surface area contributed by atoms with E-state index >= 15 is 0 Å². The van der Waals surface area contributed by atoms with Gasteiger partial charge in [-0.25, -0.2) is 0 Å². The highest BCUT2D eigenvalue weighted by molar-refractivity contribution is 5.21. The van der Waals surface area contributed by atoms with E-state index in [1.54, 1.807) is 0 Å². The second-order valence-corrected chi connectivity index (χ2v) is 4.47. The molecule has 2 atom stereocenters. The van der Waals surface area contributed by atoms with Gasteiger partial charge in [-0.2, -0.15) is 0 Å². The van der Waals surface area contributed by atoms with Gasteiger partial charge in [-0.05, 0) is 44.4 Å². The number of hydrogen-bond acceptors (Lipinski definition) is 2. The van der Waals surface area contributed by atoms with E-state index in [2.05, 4.69) is 12.2 Å². The Labute approximate surface area is 98.0 Å². The first kappa shape index (κ1) is 11.5. The highest BCUT2D eigenvalue weighted by Gasteiger charge is 2.22. The molecule has 2 rings (SSSR count). The van der Waals surface area contributed by atoms with Crippen molar-refractivity contribution >= 4 is 0 Å². The Bertz CT molecular complexity index is 297. The maximum Gasteiger partial charge on any atom is 0.119 e. The van der Waals surface area contributed by atoms with Gasteiger partial charge in [0, 0.05) is 6.04 Å². The lowest BCUT2D eigenvalue weighted by Gasteiger charge is -2.30. The monoisotopic (exact) mass is 219 g/mol. The van der Waals surface area contributed by atoms with E-state index in [4.69, 9.17) is 4.74 Å². The van der Waals surface area contributed by atoms with E-state index in [1.165, 1.54) is 19.3 Å². The van der Waals surface area contributed by atoms with Crippen LogP contribution in [-0.4, -0.2) is 18.7 Å². The van der Waals surface area contributed by atoms with Crippen molar-refractivity contribution in [1.29, 1.82) is 0 Å². The Hall–Kier alpha value is -1.02. The van der Waals surface area contributed by atoms with Crippen molar-refractivity contribution in [2.45, 2.75) is 44.8 Å². The van der Waals surface area contributed by atoms with Crippen LogP contribution in [0.3, 0.4) is 0 Å². The number of para-hydroxylation sites is 1. The molecule has 2 heteroatoms. The fraction of sp³-hybridized carbons (Fsp3) is 0.571. The van der Waals surface area contributed by atoms with E-state index in [0.29, 0.717) is 12.1 Å². The lowest BCUT2D eigenvalue weighted by atomic mass is 9.93. The normalized spacial score (nSPS) is 25.3. The van der Waals surface area contributed by atoms with Crippen LogP contribution in [0.5, 0.6) is 5.75 Å². The van der Waals surface area contributed by atoms with Gasteiger partial charge in [0.15, 0.2) is 0 Å². The van der Waals surface area contributed by atoms with E-state index in [1.807, 2.05) is 30.3 Å². The van der Waals surface area contributed by atoms with E-state index in [0.717, 1.165) is 18.7 Å². The second kappa shape index (κ2) is 5.90. The van der Waals surface area contributed by atoms with Crippen LogP contribution in [0.2, 0.25) is 0 Å². The Morgan fingerprint density at radius 1 is 1.25 bits per heavy atom.